The van der Waals surface area contributed by atoms with Crippen LogP contribution in [0.5, 0.6) is 0 Å². The zero-order valence-electron chi connectivity index (χ0n) is 2.80. The van der Waals surface area contributed by atoms with E-state index in [9.17, 15) is 0 Å². The van der Waals surface area contributed by atoms with E-state index in [2.05, 4.69) is 0 Å². The SMILES string of the molecule is Cl.Cl.Cl.[B].[H+]. The molecule has 0 aromatic rings. The zero-order valence-corrected chi connectivity index (χ0v) is 4.25. The van der Waals surface area contributed by atoms with Crippen LogP contribution >= 0.6 is 37.2 Å². The first-order valence-corrected chi connectivity index (χ1v) is 0. The predicted molar refractivity (Wildman–Crippen MR) is 28.6 cm³/mol. The van der Waals surface area contributed by atoms with Gasteiger partial charge in [-0.25, -0.2) is 0 Å². The van der Waals surface area contributed by atoms with Gasteiger partial charge in [0.25, 0.3) is 0 Å². The summed E-state index contributed by atoms with van der Waals surface area (Å²) in [7, 11) is 0. The molecule has 0 heterocycles. The lowest BCUT2D eigenvalue weighted by atomic mass is 10.8. The molecule has 0 saturated carbocycles. The molecular weight excluding hydrogens is 117 g/mol. The normalized spacial score (nSPS) is 0. The number of halogens is 3. The van der Waals surface area contributed by atoms with E-state index in [4.69, 9.17) is 0 Å². The highest BCUT2D eigenvalue weighted by Crippen LogP contribution is 0.692. The summed E-state index contributed by atoms with van der Waals surface area (Å²) >= 11 is 0. The van der Waals surface area contributed by atoms with Crippen molar-refractivity contribution in [3.63, 3.8) is 0 Å². The molecule has 0 N–H and O–H groups in total. The van der Waals surface area contributed by atoms with Crippen molar-refractivity contribution >= 4 is 45.6 Å². The van der Waals surface area contributed by atoms with Crippen LogP contribution in [0.3, 0.4) is 0 Å². The summed E-state index contributed by atoms with van der Waals surface area (Å²) < 4.78 is 0. The fraction of sp³-hybridized carbons (Fsp3) is 0. The highest BCUT2D eigenvalue weighted by atomic mass is 35.5. The summed E-state index contributed by atoms with van der Waals surface area (Å²) in [4.78, 5) is 0. The number of hydrogen-bond donors (Lipinski definition) is 0. The monoisotopic (exact) mass is 120 g/mol. The van der Waals surface area contributed by atoms with Crippen molar-refractivity contribution in [1.29, 1.82) is 0 Å². The van der Waals surface area contributed by atoms with E-state index in [1.165, 1.54) is 0 Å². The minimum atomic E-state index is 0. The second-order valence-corrected chi connectivity index (χ2v) is 0. The van der Waals surface area contributed by atoms with Crippen molar-refractivity contribution in [3.05, 3.63) is 0 Å². The molecule has 0 bridgehead atoms. The Bertz CT molecular complexity index is 6.85. The third-order valence-electron chi connectivity index (χ3n) is 0. The summed E-state index contributed by atoms with van der Waals surface area (Å²) in [6.45, 7) is 0. The maximum Gasteiger partial charge on any atom is 1.00 e. The summed E-state index contributed by atoms with van der Waals surface area (Å²) in [6.07, 6.45) is 0. The van der Waals surface area contributed by atoms with Gasteiger partial charge in [0, 0.05) is 8.41 Å². The van der Waals surface area contributed by atoms with Gasteiger partial charge < -0.3 is 0 Å². The summed E-state index contributed by atoms with van der Waals surface area (Å²) in [5, 5.41) is 0. The van der Waals surface area contributed by atoms with Crippen LogP contribution in [0.25, 0.3) is 0 Å². The fourth-order valence-electron chi connectivity index (χ4n) is 0. The van der Waals surface area contributed by atoms with Crippen LogP contribution in [0.4, 0.5) is 0 Å². The quantitative estimate of drug-likeness (QED) is 0.419. The summed E-state index contributed by atoms with van der Waals surface area (Å²) in [6, 6.07) is 0. The first-order chi connectivity index (χ1) is 0. The molecule has 4 heteroatoms. The lowest BCUT2D eigenvalue weighted by Crippen LogP contribution is -0.381. The van der Waals surface area contributed by atoms with Crippen LogP contribution in [-0.2, 0) is 0 Å². The van der Waals surface area contributed by atoms with Gasteiger partial charge in [-0.05, 0) is 0 Å². The standard InChI is InChI=1S/B.3ClH/h;3*1H/p+1. The van der Waals surface area contributed by atoms with Crippen molar-refractivity contribution in [1.82, 2.24) is 0 Å². The van der Waals surface area contributed by atoms with Crippen molar-refractivity contribution in [2.24, 2.45) is 0 Å². The molecule has 0 amide bonds. The van der Waals surface area contributed by atoms with Gasteiger partial charge in [0.05, 0.1) is 0 Å². The molecule has 3 radical (unpaired) electrons. The van der Waals surface area contributed by atoms with Gasteiger partial charge in [0.2, 0.25) is 0 Å². The molecule has 0 atom stereocenters. The molecule has 0 aromatic heterocycles. The van der Waals surface area contributed by atoms with Gasteiger partial charge in [-0.1, -0.05) is 0 Å². The Labute approximate surface area is 47.6 Å². The molecule has 0 aromatic carbocycles. The molecule has 0 saturated heterocycles. The van der Waals surface area contributed by atoms with Gasteiger partial charge in [-0.2, -0.15) is 0 Å². The van der Waals surface area contributed by atoms with Gasteiger partial charge in [-0.15, -0.1) is 37.2 Å². The number of hydrogen-bond acceptors (Lipinski definition) is 0. The Kier molecular flexibility index (Phi) is 847. The second-order valence-electron chi connectivity index (χ2n) is 0. The Hall–Kier alpha value is 0.935. The lowest BCUT2D eigenvalue weighted by molar-refractivity contribution is 5.75. The Morgan fingerprint density at radius 1 is 0.750 bits per heavy atom. The van der Waals surface area contributed by atoms with Crippen molar-refractivity contribution in [2.45, 2.75) is 0 Å². The van der Waals surface area contributed by atoms with E-state index in [0.29, 0.717) is 0 Å². The van der Waals surface area contributed by atoms with E-state index in [-0.39, 0.29) is 47.1 Å². The van der Waals surface area contributed by atoms with Gasteiger partial charge >= 0.3 is 1.43 Å². The van der Waals surface area contributed by atoms with Gasteiger partial charge in [0.1, 0.15) is 0 Å². The first kappa shape index (κ1) is 87.4. The van der Waals surface area contributed by atoms with E-state index >= 15 is 0 Å². The topological polar surface area (TPSA) is 0 Å². The van der Waals surface area contributed by atoms with Crippen LogP contribution in [0, 0.1) is 0 Å². The van der Waals surface area contributed by atoms with Gasteiger partial charge in [-0.3, -0.25) is 0 Å². The Morgan fingerprint density at radius 2 is 0.750 bits per heavy atom. The van der Waals surface area contributed by atoms with Crippen molar-refractivity contribution in [3.8, 4) is 0 Å². The minimum absolute atomic E-state index is 0. The maximum atomic E-state index is 0. The van der Waals surface area contributed by atoms with Crippen LogP contribution < -0.4 is 0 Å². The summed E-state index contributed by atoms with van der Waals surface area (Å²) in [5.74, 6) is 0. The van der Waals surface area contributed by atoms with E-state index in [1.54, 1.807) is 0 Å². The third kappa shape index (κ3) is 12.6. The molecular formula is H4BCl3+. The van der Waals surface area contributed by atoms with Crippen molar-refractivity contribution < 1.29 is 1.43 Å². The molecule has 0 fully saturated rings. The predicted octanol–water partition coefficient (Wildman–Crippen LogP) is 0.997. The molecule has 4 heavy (non-hydrogen) atoms. The largest absolute Gasteiger partial charge is 1.00 e. The van der Waals surface area contributed by atoms with E-state index in [0.717, 1.165) is 0 Å². The molecule has 27 valence electrons. The molecule has 0 unspecified atom stereocenters. The van der Waals surface area contributed by atoms with Crippen molar-refractivity contribution in [2.75, 3.05) is 0 Å². The average Bonchev–Trinajstić information content (AvgIpc) is 0. The summed E-state index contributed by atoms with van der Waals surface area (Å²) in [5.41, 5.74) is 0. The molecule has 0 spiro atoms. The highest BCUT2D eigenvalue weighted by molar-refractivity contribution is 5.86. The van der Waals surface area contributed by atoms with Gasteiger partial charge in [0.15, 0.2) is 0 Å². The molecule has 0 nitrogen and oxygen atoms in total. The van der Waals surface area contributed by atoms with Crippen LogP contribution in [0.15, 0.2) is 0 Å². The van der Waals surface area contributed by atoms with Crippen LogP contribution in [0.1, 0.15) is 1.43 Å². The molecule has 0 aliphatic heterocycles. The smallest absolute Gasteiger partial charge is 0.147 e. The van der Waals surface area contributed by atoms with Crippen LogP contribution in [-0.4, -0.2) is 8.41 Å². The van der Waals surface area contributed by atoms with Crippen LogP contribution in [0.2, 0.25) is 0 Å². The zero-order chi connectivity index (χ0) is 0. The average molecular weight is 121 g/mol. The highest BCUT2D eigenvalue weighted by Gasteiger charge is 0.0000207. The molecule has 0 aliphatic carbocycles. The Morgan fingerprint density at radius 3 is 0.750 bits per heavy atom. The van der Waals surface area contributed by atoms with E-state index < -0.39 is 0 Å². The first-order valence-electron chi connectivity index (χ1n) is 0. The minimum Gasteiger partial charge on any atom is -0.147 e. The number of rotatable bonds is 0. The second kappa shape index (κ2) is 38.8. The van der Waals surface area contributed by atoms with E-state index in [1.807, 2.05) is 0 Å². The Balaban J connectivity index is 0. The maximum absolute atomic E-state index is 0. The molecule has 0 aliphatic rings. The molecule has 0 rings (SSSR count). The third-order valence-corrected chi connectivity index (χ3v) is 0. The lowest BCUT2D eigenvalue weighted by Gasteiger charge is -0.148. The fourth-order valence-corrected chi connectivity index (χ4v) is 0.